The Labute approximate surface area is 201 Å². The summed E-state index contributed by atoms with van der Waals surface area (Å²) >= 11 is 0. The van der Waals surface area contributed by atoms with Crippen molar-refractivity contribution in [3.63, 3.8) is 0 Å². The van der Waals surface area contributed by atoms with Gasteiger partial charge in [0.1, 0.15) is 0 Å². The molecule has 2 aromatic carbocycles. The van der Waals surface area contributed by atoms with Crippen molar-refractivity contribution in [2.45, 2.75) is 43.5 Å². The molecular weight excluding hydrogens is 452 g/mol. The van der Waals surface area contributed by atoms with Gasteiger partial charge in [-0.05, 0) is 61.6 Å². The fraction of sp³-hybridized carbons (Fsp3) is 0.440. The van der Waals surface area contributed by atoms with Crippen LogP contribution in [0.15, 0.2) is 47.4 Å². The van der Waals surface area contributed by atoms with E-state index >= 15 is 0 Å². The monoisotopic (exact) mass is 484 g/mol. The number of nitrogens with zero attached hydrogens (tertiary/aromatic N) is 3. The predicted molar refractivity (Wildman–Crippen MR) is 133 cm³/mol. The van der Waals surface area contributed by atoms with Crippen molar-refractivity contribution in [3.05, 3.63) is 53.6 Å². The van der Waals surface area contributed by atoms with E-state index in [1.54, 1.807) is 17.0 Å². The fourth-order valence-corrected chi connectivity index (χ4v) is 5.40. The molecule has 0 spiro atoms. The summed E-state index contributed by atoms with van der Waals surface area (Å²) in [5, 5.41) is 2.95. The minimum atomic E-state index is -3.66. The number of rotatable bonds is 7. The SMILES string of the molecule is CN(C)S(=O)(=O)c1ccc(N2CCCCC2)c(C(=O)NCc2ccc(N3CCCC3=O)cc2)c1. The second-order valence-corrected chi connectivity index (χ2v) is 11.2. The van der Waals surface area contributed by atoms with Gasteiger partial charge in [-0.3, -0.25) is 9.59 Å². The Bertz CT molecular complexity index is 1160. The number of carbonyl (C=O) groups is 2. The molecule has 2 aromatic rings. The topological polar surface area (TPSA) is 90.0 Å². The van der Waals surface area contributed by atoms with Crippen LogP contribution in [0.2, 0.25) is 0 Å². The van der Waals surface area contributed by atoms with Gasteiger partial charge < -0.3 is 15.1 Å². The summed E-state index contributed by atoms with van der Waals surface area (Å²) in [5.74, 6) is -0.172. The van der Waals surface area contributed by atoms with Gasteiger partial charge in [-0.1, -0.05) is 12.1 Å². The van der Waals surface area contributed by atoms with Crippen LogP contribution in [0, 0.1) is 0 Å². The molecule has 0 saturated carbocycles. The number of benzene rings is 2. The first kappa shape index (κ1) is 24.2. The minimum absolute atomic E-state index is 0.100. The van der Waals surface area contributed by atoms with Gasteiger partial charge in [0.2, 0.25) is 15.9 Å². The molecule has 2 saturated heterocycles. The molecule has 9 heteroatoms. The molecule has 8 nitrogen and oxygen atoms in total. The lowest BCUT2D eigenvalue weighted by atomic mass is 10.1. The summed E-state index contributed by atoms with van der Waals surface area (Å²) in [6.45, 7) is 2.73. The first-order chi connectivity index (χ1) is 16.3. The molecule has 0 radical (unpaired) electrons. The van der Waals surface area contributed by atoms with E-state index in [0.29, 0.717) is 18.5 Å². The van der Waals surface area contributed by atoms with Gasteiger partial charge in [0.15, 0.2) is 0 Å². The maximum atomic E-state index is 13.3. The molecular formula is C25H32N4O4S. The first-order valence-electron chi connectivity index (χ1n) is 11.8. The number of carbonyl (C=O) groups excluding carboxylic acids is 2. The highest BCUT2D eigenvalue weighted by Gasteiger charge is 2.24. The molecule has 0 aromatic heterocycles. The van der Waals surface area contributed by atoms with Gasteiger partial charge >= 0.3 is 0 Å². The maximum absolute atomic E-state index is 13.3. The Balaban J connectivity index is 1.54. The van der Waals surface area contributed by atoms with E-state index in [4.69, 9.17) is 0 Å². The van der Waals surface area contributed by atoms with Gasteiger partial charge in [0, 0.05) is 58.1 Å². The summed E-state index contributed by atoms with van der Waals surface area (Å²) < 4.78 is 26.5. The van der Waals surface area contributed by atoms with Gasteiger partial charge in [-0.25, -0.2) is 12.7 Å². The number of hydrogen-bond donors (Lipinski definition) is 1. The van der Waals surface area contributed by atoms with E-state index < -0.39 is 10.0 Å². The zero-order valence-corrected chi connectivity index (χ0v) is 20.6. The molecule has 0 unspecified atom stereocenters. The molecule has 2 aliphatic rings. The predicted octanol–water partition coefficient (Wildman–Crippen LogP) is 2.98. The van der Waals surface area contributed by atoms with E-state index in [1.807, 2.05) is 24.3 Å². The molecule has 4 rings (SSSR count). The van der Waals surface area contributed by atoms with Crippen LogP contribution in [0.3, 0.4) is 0 Å². The van der Waals surface area contributed by atoms with Gasteiger partial charge in [0.25, 0.3) is 5.91 Å². The molecule has 0 bridgehead atoms. The van der Waals surface area contributed by atoms with Gasteiger partial charge in [-0.15, -0.1) is 0 Å². The molecule has 2 amide bonds. The largest absolute Gasteiger partial charge is 0.371 e. The number of piperidine rings is 1. The molecule has 2 heterocycles. The van der Waals surface area contributed by atoms with E-state index in [-0.39, 0.29) is 16.7 Å². The maximum Gasteiger partial charge on any atom is 0.253 e. The summed E-state index contributed by atoms with van der Waals surface area (Å²) in [6, 6.07) is 12.4. The summed E-state index contributed by atoms with van der Waals surface area (Å²) in [7, 11) is -0.704. The lowest BCUT2D eigenvalue weighted by Crippen LogP contribution is -2.33. The second-order valence-electron chi connectivity index (χ2n) is 9.01. The summed E-state index contributed by atoms with van der Waals surface area (Å²) in [6.07, 6.45) is 4.71. The Morgan fingerprint density at radius 2 is 1.68 bits per heavy atom. The standard InChI is InChI=1S/C25H32N4O4S/c1-27(2)34(32,33)21-12-13-23(28-14-4-3-5-15-28)22(17-21)25(31)26-18-19-8-10-20(11-9-19)29-16-6-7-24(29)30/h8-13,17H,3-7,14-16,18H2,1-2H3,(H,26,31). The zero-order valence-electron chi connectivity index (χ0n) is 19.8. The van der Waals surface area contributed by atoms with Crippen molar-refractivity contribution >= 4 is 33.2 Å². The van der Waals surface area contributed by atoms with Crippen molar-refractivity contribution in [3.8, 4) is 0 Å². The average molecular weight is 485 g/mol. The summed E-state index contributed by atoms with van der Waals surface area (Å²) in [4.78, 5) is 29.2. The third-order valence-electron chi connectivity index (χ3n) is 6.46. The molecule has 34 heavy (non-hydrogen) atoms. The lowest BCUT2D eigenvalue weighted by Gasteiger charge is -2.30. The number of anilines is 2. The molecule has 0 aliphatic carbocycles. The third-order valence-corrected chi connectivity index (χ3v) is 8.27. The lowest BCUT2D eigenvalue weighted by molar-refractivity contribution is -0.117. The van der Waals surface area contributed by atoms with Crippen molar-refractivity contribution < 1.29 is 18.0 Å². The first-order valence-corrected chi connectivity index (χ1v) is 13.2. The quantitative estimate of drug-likeness (QED) is 0.653. The van der Waals surface area contributed by atoms with E-state index in [9.17, 15) is 18.0 Å². The fourth-order valence-electron chi connectivity index (χ4n) is 4.47. The van der Waals surface area contributed by atoms with E-state index in [2.05, 4.69) is 10.2 Å². The molecule has 182 valence electrons. The van der Waals surface area contributed by atoms with Crippen LogP contribution in [-0.2, 0) is 21.4 Å². The smallest absolute Gasteiger partial charge is 0.253 e. The number of sulfonamides is 1. The van der Waals surface area contributed by atoms with Crippen molar-refractivity contribution in [1.82, 2.24) is 9.62 Å². The van der Waals surface area contributed by atoms with Gasteiger partial charge in [0.05, 0.1) is 10.5 Å². The van der Waals surface area contributed by atoms with Crippen molar-refractivity contribution in [2.75, 3.05) is 43.5 Å². The van der Waals surface area contributed by atoms with Crippen molar-refractivity contribution in [2.24, 2.45) is 0 Å². The highest BCUT2D eigenvalue weighted by Crippen LogP contribution is 2.28. The second kappa shape index (κ2) is 10.1. The van der Waals surface area contributed by atoms with Crippen molar-refractivity contribution in [1.29, 1.82) is 0 Å². The van der Waals surface area contributed by atoms with E-state index in [0.717, 1.165) is 66.6 Å². The number of amides is 2. The molecule has 1 N–H and O–H groups in total. The van der Waals surface area contributed by atoms with Crippen LogP contribution in [-0.4, -0.2) is 58.3 Å². The van der Waals surface area contributed by atoms with Crippen LogP contribution in [0.4, 0.5) is 11.4 Å². The highest BCUT2D eigenvalue weighted by atomic mass is 32.2. The van der Waals surface area contributed by atoms with Crippen LogP contribution < -0.4 is 15.1 Å². The Hall–Kier alpha value is -2.91. The van der Waals surface area contributed by atoms with Gasteiger partial charge in [-0.2, -0.15) is 0 Å². The Kier molecular flexibility index (Phi) is 7.23. The van der Waals surface area contributed by atoms with Crippen LogP contribution in [0.25, 0.3) is 0 Å². The number of hydrogen-bond acceptors (Lipinski definition) is 5. The molecule has 2 aliphatic heterocycles. The van der Waals surface area contributed by atoms with Crippen LogP contribution in [0.5, 0.6) is 0 Å². The Morgan fingerprint density at radius 3 is 2.29 bits per heavy atom. The zero-order chi connectivity index (χ0) is 24.3. The highest BCUT2D eigenvalue weighted by molar-refractivity contribution is 7.89. The Morgan fingerprint density at radius 1 is 0.971 bits per heavy atom. The molecule has 0 atom stereocenters. The van der Waals surface area contributed by atoms with E-state index in [1.165, 1.54) is 20.2 Å². The third kappa shape index (κ3) is 5.10. The molecule has 2 fully saturated rings. The average Bonchev–Trinajstić information content (AvgIpc) is 3.28. The van der Waals surface area contributed by atoms with Crippen LogP contribution >= 0.6 is 0 Å². The minimum Gasteiger partial charge on any atom is -0.371 e. The normalized spacial score (nSPS) is 16.9. The van der Waals surface area contributed by atoms with Crippen LogP contribution in [0.1, 0.15) is 48.0 Å². The number of nitrogens with one attached hydrogen (secondary N) is 1. The summed E-state index contributed by atoms with van der Waals surface area (Å²) in [5.41, 5.74) is 2.90.